The number of rotatable bonds is 8. The molecule has 2 heterocycles. The van der Waals surface area contributed by atoms with Gasteiger partial charge in [0.2, 0.25) is 5.91 Å². The van der Waals surface area contributed by atoms with Gasteiger partial charge in [-0.05, 0) is 37.7 Å². The third-order valence-corrected chi connectivity index (χ3v) is 4.87. The molecule has 0 radical (unpaired) electrons. The van der Waals surface area contributed by atoms with Gasteiger partial charge in [-0.15, -0.1) is 0 Å². The summed E-state index contributed by atoms with van der Waals surface area (Å²) in [5.41, 5.74) is 0.853. The number of piperidine rings is 1. The van der Waals surface area contributed by atoms with Crippen LogP contribution < -0.4 is 5.32 Å². The highest BCUT2D eigenvalue weighted by molar-refractivity contribution is 5.93. The van der Waals surface area contributed by atoms with E-state index in [2.05, 4.69) is 37.9 Å². The monoisotopic (exact) mass is 377 g/mol. The molecule has 6 heteroatoms. The number of carbonyl (C=O) groups excluding carboxylic acids is 2. The lowest BCUT2D eigenvalue weighted by atomic mass is 10.0. The number of nitrogens with one attached hydrogen (secondary N) is 1. The summed E-state index contributed by atoms with van der Waals surface area (Å²) in [5, 5.41) is 3.06. The molecule has 1 aliphatic heterocycles. The number of hydrogen-bond acceptors (Lipinski definition) is 4. The zero-order chi connectivity index (χ0) is 20.0. The topological polar surface area (TPSA) is 65.8 Å². The molecule has 1 fully saturated rings. The third-order valence-electron chi connectivity index (χ3n) is 4.87. The number of aryl methyl sites for hydroxylation is 1. The summed E-state index contributed by atoms with van der Waals surface area (Å²) in [6, 6.07) is 1.93. The lowest BCUT2D eigenvalue weighted by Gasteiger charge is -2.34. The van der Waals surface area contributed by atoms with Crippen LogP contribution in [0.5, 0.6) is 0 Å². The zero-order valence-electron chi connectivity index (χ0n) is 17.5. The predicted octanol–water partition coefficient (Wildman–Crippen LogP) is 2.92. The van der Waals surface area contributed by atoms with Crippen molar-refractivity contribution in [3.05, 3.63) is 23.7 Å². The molecule has 0 saturated carbocycles. The molecule has 1 aromatic rings. The SMILES string of the molecule is Cc1ccoc1C(=O)NC1CCN(CC(=O)N(CC(C)C)CC(C)C)CC1. The fourth-order valence-corrected chi connectivity index (χ4v) is 3.54. The maximum Gasteiger partial charge on any atom is 0.287 e. The van der Waals surface area contributed by atoms with Crippen molar-refractivity contribution < 1.29 is 14.0 Å². The molecule has 27 heavy (non-hydrogen) atoms. The molecule has 6 nitrogen and oxygen atoms in total. The van der Waals surface area contributed by atoms with Gasteiger partial charge < -0.3 is 14.6 Å². The van der Waals surface area contributed by atoms with Crippen LogP contribution in [0.15, 0.2) is 16.7 Å². The number of likely N-dealkylation sites (tertiary alicyclic amines) is 1. The lowest BCUT2D eigenvalue weighted by Crippen LogP contribution is -2.49. The Morgan fingerprint density at radius 3 is 2.26 bits per heavy atom. The highest BCUT2D eigenvalue weighted by Gasteiger charge is 2.25. The summed E-state index contributed by atoms with van der Waals surface area (Å²) in [7, 11) is 0. The molecular weight excluding hydrogens is 342 g/mol. The van der Waals surface area contributed by atoms with Crippen molar-refractivity contribution in [3.63, 3.8) is 0 Å². The van der Waals surface area contributed by atoms with Crippen molar-refractivity contribution in [3.8, 4) is 0 Å². The van der Waals surface area contributed by atoms with E-state index < -0.39 is 0 Å². The molecule has 1 saturated heterocycles. The van der Waals surface area contributed by atoms with Gasteiger partial charge in [0.1, 0.15) is 0 Å². The largest absolute Gasteiger partial charge is 0.459 e. The van der Waals surface area contributed by atoms with Crippen molar-refractivity contribution in [1.29, 1.82) is 0 Å². The van der Waals surface area contributed by atoms with E-state index in [0.29, 0.717) is 24.1 Å². The normalized spacial score (nSPS) is 16.1. The molecule has 2 rings (SSSR count). The smallest absolute Gasteiger partial charge is 0.287 e. The van der Waals surface area contributed by atoms with E-state index in [9.17, 15) is 9.59 Å². The average Bonchev–Trinajstić information content (AvgIpc) is 3.01. The van der Waals surface area contributed by atoms with Gasteiger partial charge in [-0.2, -0.15) is 0 Å². The van der Waals surface area contributed by atoms with Crippen LogP contribution in [-0.4, -0.2) is 60.4 Å². The van der Waals surface area contributed by atoms with Gasteiger partial charge in [-0.3, -0.25) is 14.5 Å². The fourth-order valence-electron chi connectivity index (χ4n) is 3.54. The molecule has 0 aromatic carbocycles. The molecule has 0 unspecified atom stereocenters. The van der Waals surface area contributed by atoms with Crippen molar-refractivity contribution in [2.45, 2.75) is 53.5 Å². The summed E-state index contributed by atoms with van der Waals surface area (Å²) < 4.78 is 5.26. The van der Waals surface area contributed by atoms with Gasteiger partial charge in [-0.25, -0.2) is 0 Å². The molecule has 152 valence electrons. The van der Waals surface area contributed by atoms with Crippen LogP contribution in [0.3, 0.4) is 0 Å². The van der Waals surface area contributed by atoms with Gasteiger partial charge in [0, 0.05) is 37.8 Å². The first-order valence-corrected chi connectivity index (χ1v) is 10.1. The highest BCUT2D eigenvalue weighted by Crippen LogP contribution is 2.14. The van der Waals surface area contributed by atoms with E-state index in [0.717, 1.165) is 44.6 Å². The Bertz CT molecular complexity index is 606. The Kier molecular flexibility index (Phi) is 7.90. The van der Waals surface area contributed by atoms with Crippen molar-refractivity contribution in [2.75, 3.05) is 32.7 Å². The van der Waals surface area contributed by atoms with Gasteiger partial charge in [0.15, 0.2) is 5.76 Å². The first-order valence-electron chi connectivity index (χ1n) is 10.1. The van der Waals surface area contributed by atoms with Crippen LogP contribution in [0.2, 0.25) is 0 Å². The minimum atomic E-state index is -0.146. The van der Waals surface area contributed by atoms with E-state index in [1.807, 2.05) is 11.8 Å². The third kappa shape index (κ3) is 6.69. The number of nitrogens with zero attached hydrogens (tertiary/aromatic N) is 2. The molecule has 0 spiro atoms. The minimum absolute atomic E-state index is 0.135. The first-order chi connectivity index (χ1) is 12.8. The van der Waals surface area contributed by atoms with Crippen LogP contribution in [-0.2, 0) is 4.79 Å². The molecule has 1 aromatic heterocycles. The van der Waals surface area contributed by atoms with Gasteiger partial charge in [0.05, 0.1) is 12.8 Å². The molecule has 0 bridgehead atoms. The van der Waals surface area contributed by atoms with Crippen LogP contribution >= 0.6 is 0 Å². The number of amides is 2. The van der Waals surface area contributed by atoms with Crippen LogP contribution in [0, 0.1) is 18.8 Å². The summed E-state index contributed by atoms with van der Waals surface area (Å²) >= 11 is 0. The molecule has 1 N–H and O–H groups in total. The Balaban J connectivity index is 1.79. The molecule has 2 amide bonds. The number of carbonyl (C=O) groups is 2. The van der Waals surface area contributed by atoms with Crippen LogP contribution in [0.4, 0.5) is 0 Å². The molecular formula is C21H35N3O3. The maximum absolute atomic E-state index is 12.7. The number of hydrogen-bond donors (Lipinski definition) is 1. The zero-order valence-corrected chi connectivity index (χ0v) is 17.5. The second-order valence-corrected chi connectivity index (χ2v) is 8.54. The minimum Gasteiger partial charge on any atom is -0.459 e. The second-order valence-electron chi connectivity index (χ2n) is 8.54. The predicted molar refractivity (Wildman–Crippen MR) is 107 cm³/mol. The van der Waals surface area contributed by atoms with E-state index in [-0.39, 0.29) is 17.9 Å². The number of furan rings is 1. The Hall–Kier alpha value is -1.82. The van der Waals surface area contributed by atoms with E-state index in [1.165, 1.54) is 0 Å². The van der Waals surface area contributed by atoms with E-state index in [4.69, 9.17) is 4.42 Å². The van der Waals surface area contributed by atoms with Crippen LogP contribution in [0.25, 0.3) is 0 Å². The maximum atomic E-state index is 12.7. The molecule has 0 aliphatic carbocycles. The molecule has 1 aliphatic rings. The van der Waals surface area contributed by atoms with Crippen molar-refractivity contribution in [1.82, 2.24) is 15.1 Å². The molecule has 0 atom stereocenters. The summed E-state index contributed by atoms with van der Waals surface area (Å²) in [6.45, 7) is 14.2. The van der Waals surface area contributed by atoms with Gasteiger partial charge >= 0.3 is 0 Å². The quantitative estimate of drug-likeness (QED) is 0.756. The first kappa shape index (κ1) is 21.5. The van der Waals surface area contributed by atoms with Gasteiger partial charge in [0.25, 0.3) is 5.91 Å². The Labute approximate surface area is 163 Å². The summed E-state index contributed by atoms with van der Waals surface area (Å²) in [5.74, 6) is 1.40. The van der Waals surface area contributed by atoms with Crippen molar-refractivity contribution in [2.24, 2.45) is 11.8 Å². The van der Waals surface area contributed by atoms with E-state index in [1.54, 1.807) is 12.3 Å². The second kappa shape index (κ2) is 9.93. The summed E-state index contributed by atoms with van der Waals surface area (Å²) in [6.07, 6.45) is 3.25. The average molecular weight is 378 g/mol. The van der Waals surface area contributed by atoms with Gasteiger partial charge in [-0.1, -0.05) is 27.7 Å². The Morgan fingerprint density at radius 2 is 1.78 bits per heavy atom. The van der Waals surface area contributed by atoms with Crippen molar-refractivity contribution >= 4 is 11.8 Å². The van der Waals surface area contributed by atoms with Crippen LogP contribution in [0.1, 0.15) is 56.7 Å². The standard InChI is InChI=1S/C21H35N3O3/c1-15(2)12-24(13-16(3)4)19(25)14-23-9-6-18(7-10-23)22-21(26)20-17(5)8-11-27-20/h8,11,15-16,18H,6-7,9-10,12-14H2,1-5H3,(H,22,26). The van der Waals surface area contributed by atoms with E-state index >= 15 is 0 Å². The Morgan fingerprint density at radius 1 is 1.19 bits per heavy atom. The lowest BCUT2D eigenvalue weighted by molar-refractivity contribution is -0.133. The summed E-state index contributed by atoms with van der Waals surface area (Å²) in [4.78, 5) is 29.2. The fraction of sp³-hybridized carbons (Fsp3) is 0.714. The highest BCUT2D eigenvalue weighted by atomic mass is 16.3.